The zero-order chi connectivity index (χ0) is 20.4. The second-order valence-corrected chi connectivity index (χ2v) is 7.04. The van der Waals surface area contributed by atoms with Gasteiger partial charge in [0.05, 0.1) is 43.4 Å². The average molecular weight is 392 g/mol. The van der Waals surface area contributed by atoms with Crippen molar-refractivity contribution in [3.8, 4) is 5.69 Å². The van der Waals surface area contributed by atoms with Crippen LogP contribution >= 0.6 is 0 Å². The van der Waals surface area contributed by atoms with Gasteiger partial charge in [0, 0.05) is 17.8 Å². The van der Waals surface area contributed by atoms with Gasteiger partial charge in [0.25, 0.3) is 5.91 Å². The van der Waals surface area contributed by atoms with Crippen molar-refractivity contribution in [2.45, 2.75) is 26.4 Å². The van der Waals surface area contributed by atoms with E-state index < -0.39 is 0 Å². The molecule has 3 heterocycles. The summed E-state index contributed by atoms with van der Waals surface area (Å²) in [4.78, 5) is 15.0. The first kappa shape index (κ1) is 19.1. The first-order valence-corrected chi connectivity index (χ1v) is 9.61. The van der Waals surface area contributed by atoms with Crippen molar-refractivity contribution in [2.75, 3.05) is 19.8 Å². The Balaban J connectivity index is 1.68. The second-order valence-electron chi connectivity index (χ2n) is 7.04. The van der Waals surface area contributed by atoms with E-state index in [1.54, 1.807) is 17.0 Å². The number of allylic oxidation sites excluding steroid dienone is 1. The molecule has 3 aromatic rings. The van der Waals surface area contributed by atoms with Gasteiger partial charge in [0.1, 0.15) is 0 Å². The number of hydrogen-bond acceptors (Lipinski definition) is 5. The molecule has 150 valence electrons. The van der Waals surface area contributed by atoms with Crippen molar-refractivity contribution < 1.29 is 9.53 Å². The summed E-state index contributed by atoms with van der Waals surface area (Å²) in [6.07, 6.45) is 3.37. The van der Waals surface area contributed by atoms with E-state index in [-0.39, 0.29) is 11.9 Å². The van der Waals surface area contributed by atoms with Crippen LogP contribution in [-0.2, 0) is 11.3 Å². The molecule has 8 nitrogen and oxygen atoms in total. The van der Waals surface area contributed by atoms with Gasteiger partial charge in [-0.3, -0.25) is 4.79 Å². The quantitative estimate of drug-likeness (QED) is 0.624. The number of amides is 1. The Morgan fingerprint density at radius 1 is 1.31 bits per heavy atom. The summed E-state index contributed by atoms with van der Waals surface area (Å²) in [5.74, 6) is -0.153. The topological polar surface area (TPSA) is 78.1 Å². The van der Waals surface area contributed by atoms with E-state index in [2.05, 4.69) is 16.9 Å². The number of aryl methyl sites for hydroxylation is 1. The number of rotatable bonds is 5. The molecule has 1 fully saturated rings. The molecule has 1 amide bonds. The van der Waals surface area contributed by atoms with Crippen LogP contribution in [-0.4, -0.2) is 55.3 Å². The molecule has 2 aromatic heterocycles. The lowest BCUT2D eigenvalue weighted by Crippen LogP contribution is -2.44. The summed E-state index contributed by atoms with van der Waals surface area (Å²) in [6.45, 7) is 9.61. The van der Waals surface area contributed by atoms with Crippen molar-refractivity contribution >= 4 is 5.91 Å². The molecule has 0 aliphatic carbocycles. The minimum absolute atomic E-state index is 0.153. The number of morpholine rings is 1. The Labute approximate surface area is 169 Å². The van der Waals surface area contributed by atoms with E-state index in [0.717, 1.165) is 22.6 Å². The molecule has 1 aromatic carbocycles. The molecular formula is C21H24N6O2. The van der Waals surface area contributed by atoms with Crippen LogP contribution in [0.15, 0.2) is 49.2 Å². The summed E-state index contributed by atoms with van der Waals surface area (Å²) in [5, 5.41) is 12.8. The molecule has 0 radical (unpaired) electrons. The third-order valence-corrected chi connectivity index (χ3v) is 5.14. The highest BCUT2D eigenvalue weighted by Crippen LogP contribution is 2.31. The van der Waals surface area contributed by atoms with Gasteiger partial charge in [-0.15, -0.1) is 11.7 Å². The molecule has 0 saturated carbocycles. The van der Waals surface area contributed by atoms with Crippen LogP contribution in [0.4, 0.5) is 0 Å². The molecule has 4 rings (SSSR count). The molecule has 8 heteroatoms. The number of carbonyl (C=O) groups is 1. The lowest BCUT2D eigenvalue weighted by molar-refractivity contribution is -0.00335. The Morgan fingerprint density at radius 3 is 2.86 bits per heavy atom. The maximum atomic E-state index is 13.2. The Kier molecular flexibility index (Phi) is 5.26. The predicted octanol–water partition coefficient (Wildman–Crippen LogP) is 2.48. The highest BCUT2D eigenvalue weighted by atomic mass is 16.5. The molecule has 1 saturated heterocycles. The normalized spacial score (nSPS) is 16.8. The van der Waals surface area contributed by atoms with Crippen molar-refractivity contribution in [1.82, 2.24) is 29.7 Å². The van der Waals surface area contributed by atoms with Crippen molar-refractivity contribution in [1.29, 1.82) is 0 Å². The number of hydrogen-bond donors (Lipinski definition) is 0. The van der Waals surface area contributed by atoms with Gasteiger partial charge in [-0.2, -0.15) is 5.10 Å². The Bertz CT molecular complexity index is 1020. The highest BCUT2D eigenvalue weighted by molar-refractivity contribution is 5.92. The molecule has 0 bridgehead atoms. The zero-order valence-corrected chi connectivity index (χ0v) is 16.7. The summed E-state index contributed by atoms with van der Waals surface area (Å²) < 4.78 is 9.25. The fourth-order valence-corrected chi connectivity index (χ4v) is 3.81. The highest BCUT2D eigenvalue weighted by Gasteiger charge is 2.34. The summed E-state index contributed by atoms with van der Waals surface area (Å²) in [5.41, 5.74) is 4.21. The molecule has 1 unspecified atom stereocenters. The maximum Gasteiger partial charge on any atom is 0.276 e. The van der Waals surface area contributed by atoms with Gasteiger partial charge in [0.15, 0.2) is 5.69 Å². The van der Waals surface area contributed by atoms with E-state index in [1.165, 1.54) is 0 Å². The minimum Gasteiger partial charge on any atom is -0.377 e. The van der Waals surface area contributed by atoms with Crippen LogP contribution in [0.2, 0.25) is 0 Å². The van der Waals surface area contributed by atoms with Gasteiger partial charge in [-0.1, -0.05) is 29.5 Å². The Morgan fingerprint density at radius 2 is 2.10 bits per heavy atom. The molecule has 1 aliphatic rings. The number of ether oxygens (including phenoxy) is 1. The van der Waals surface area contributed by atoms with Crippen molar-refractivity contribution in [3.05, 3.63) is 71.8 Å². The minimum atomic E-state index is -0.224. The van der Waals surface area contributed by atoms with Crippen molar-refractivity contribution in [2.24, 2.45) is 0 Å². The van der Waals surface area contributed by atoms with E-state index in [1.807, 2.05) is 53.8 Å². The SMILES string of the molecule is C=CCn1cc(C(=O)N2CCOCC2c2c(C)nn(-c3ccccc3)c2C)nn1. The lowest BCUT2D eigenvalue weighted by Gasteiger charge is -2.35. The van der Waals surface area contributed by atoms with Gasteiger partial charge < -0.3 is 9.64 Å². The van der Waals surface area contributed by atoms with Gasteiger partial charge in [-0.25, -0.2) is 9.36 Å². The number of carbonyl (C=O) groups excluding carboxylic acids is 1. The third kappa shape index (κ3) is 3.58. The maximum absolute atomic E-state index is 13.2. The second kappa shape index (κ2) is 8.00. The fraction of sp³-hybridized carbons (Fsp3) is 0.333. The van der Waals surface area contributed by atoms with E-state index in [9.17, 15) is 4.79 Å². The predicted molar refractivity (Wildman–Crippen MR) is 108 cm³/mol. The van der Waals surface area contributed by atoms with E-state index in [4.69, 9.17) is 9.84 Å². The largest absolute Gasteiger partial charge is 0.377 e. The average Bonchev–Trinajstić information content (AvgIpc) is 3.33. The van der Waals surface area contributed by atoms with Crippen LogP contribution in [0, 0.1) is 13.8 Å². The summed E-state index contributed by atoms with van der Waals surface area (Å²) in [7, 11) is 0. The summed E-state index contributed by atoms with van der Waals surface area (Å²) in [6, 6.07) is 9.75. The van der Waals surface area contributed by atoms with Crippen LogP contribution in [0.5, 0.6) is 0 Å². The Hall–Kier alpha value is -3.26. The van der Waals surface area contributed by atoms with Gasteiger partial charge in [-0.05, 0) is 26.0 Å². The molecule has 1 aliphatic heterocycles. The lowest BCUT2D eigenvalue weighted by atomic mass is 10.0. The molecular weight excluding hydrogens is 368 g/mol. The molecule has 1 atom stereocenters. The fourth-order valence-electron chi connectivity index (χ4n) is 3.81. The first-order valence-electron chi connectivity index (χ1n) is 9.61. The van der Waals surface area contributed by atoms with Crippen LogP contribution in [0.3, 0.4) is 0 Å². The number of para-hydroxylation sites is 1. The van der Waals surface area contributed by atoms with Crippen molar-refractivity contribution in [3.63, 3.8) is 0 Å². The summed E-state index contributed by atoms with van der Waals surface area (Å²) >= 11 is 0. The standard InChI is InChI=1S/C21H24N6O2/c1-4-10-25-13-18(22-24-25)21(28)26-11-12-29-14-19(26)20-15(2)23-27(16(20)3)17-8-6-5-7-9-17/h4-9,13,19H,1,10-12,14H2,2-3H3. The monoisotopic (exact) mass is 392 g/mol. The molecule has 29 heavy (non-hydrogen) atoms. The number of aromatic nitrogens is 5. The third-order valence-electron chi connectivity index (χ3n) is 5.14. The van der Waals surface area contributed by atoms with Gasteiger partial charge >= 0.3 is 0 Å². The molecule has 0 spiro atoms. The number of benzene rings is 1. The van der Waals surface area contributed by atoms with E-state index in [0.29, 0.717) is 32.0 Å². The number of nitrogens with zero attached hydrogens (tertiary/aromatic N) is 6. The smallest absolute Gasteiger partial charge is 0.276 e. The first-order chi connectivity index (χ1) is 14.1. The molecule has 0 N–H and O–H groups in total. The van der Waals surface area contributed by atoms with Gasteiger partial charge in [0.2, 0.25) is 0 Å². The zero-order valence-electron chi connectivity index (χ0n) is 16.7. The van der Waals surface area contributed by atoms with Crippen LogP contribution in [0.1, 0.15) is 33.5 Å². The van der Waals surface area contributed by atoms with E-state index >= 15 is 0 Å². The van der Waals surface area contributed by atoms with Crippen LogP contribution in [0.25, 0.3) is 5.69 Å². The van der Waals surface area contributed by atoms with Crippen LogP contribution < -0.4 is 0 Å².